The molecule has 0 heterocycles. The van der Waals surface area contributed by atoms with Crippen molar-refractivity contribution >= 4 is 10.4 Å². The SMILES string of the molecule is CC1(C)CC1.O=S(=O)(O)O. The molecule has 0 bridgehead atoms. The highest BCUT2D eigenvalue weighted by Crippen LogP contribution is 2.43. The Morgan fingerprint density at radius 1 is 1.20 bits per heavy atom. The van der Waals surface area contributed by atoms with Crippen molar-refractivity contribution in [2.45, 2.75) is 26.7 Å². The van der Waals surface area contributed by atoms with Gasteiger partial charge >= 0.3 is 10.4 Å². The van der Waals surface area contributed by atoms with Gasteiger partial charge in [-0.15, -0.1) is 0 Å². The third-order valence-corrected chi connectivity index (χ3v) is 1.25. The third kappa shape index (κ3) is 15.7. The van der Waals surface area contributed by atoms with Crippen LogP contribution in [0.25, 0.3) is 0 Å². The first-order chi connectivity index (χ1) is 4.21. The second-order valence-electron chi connectivity index (χ2n) is 3.11. The van der Waals surface area contributed by atoms with Gasteiger partial charge in [-0.2, -0.15) is 8.42 Å². The maximum atomic E-state index is 8.74. The fourth-order valence-corrected chi connectivity index (χ4v) is 0.250. The molecule has 0 spiro atoms. The molecule has 0 saturated heterocycles. The van der Waals surface area contributed by atoms with Crippen molar-refractivity contribution in [3.8, 4) is 0 Å². The summed E-state index contributed by atoms with van der Waals surface area (Å²) in [7, 11) is -4.67. The Bertz CT molecular complexity index is 178. The predicted molar refractivity (Wildman–Crippen MR) is 37.2 cm³/mol. The molecule has 1 aliphatic rings. The zero-order valence-corrected chi connectivity index (χ0v) is 6.85. The predicted octanol–water partition coefficient (Wildman–Crippen LogP) is 1.15. The van der Waals surface area contributed by atoms with Crippen LogP contribution < -0.4 is 0 Å². The van der Waals surface area contributed by atoms with Crippen molar-refractivity contribution in [3.63, 3.8) is 0 Å². The fourth-order valence-electron chi connectivity index (χ4n) is 0.250. The molecule has 1 rings (SSSR count). The molecule has 1 aliphatic carbocycles. The lowest BCUT2D eigenvalue weighted by Crippen LogP contribution is -1.89. The molecule has 4 nitrogen and oxygen atoms in total. The Balaban J connectivity index is 0.000000162. The van der Waals surface area contributed by atoms with Crippen molar-refractivity contribution in [1.82, 2.24) is 0 Å². The lowest BCUT2D eigenvalue weighted by Gasteiger charge is -1.86. The first kappa shape index (κ1) is 9.87. The Labute approximate surface area is 60.8 Å². The molecule has 0 amide bonds. The third-order valence-electron chi connectivity index (χ3n) is 1.25. The largest absolute Gasteiger partial charge is 0.394 e. The topological polar surface area (TPSA) is 74.6 Å². The van der Waals surface area contributed by atoms with Crippen LogP contribution >= 0.6 is 0 Å². The van der Waals surface area contributed by atoms with Crippen LogP contribution in [0, 0.1) is 5.41 Å². The molecule has 0 unspecified atom stereocenters. The van der Waals surface area contributed by atoms with E-state index in [1.807, 2.05) is 0 Å². The molecule has 1 fully saturated rings. The molecule has 5 heteroatoms. The normalized spacial score (nSPS) is 20.8. The van der Waals surface area contributed by atoms with Crippen LogP contribution in [0.4, 0.5) is 0 Å². The second-order valence-corrected chi connectivity index (χ2v) is 4.01. The molecule has 0 radical (unpaired) electrons. The fraction of sp³-hybridized carbons (Fsp3) is 1.00. The molecule has 0 aromatic heterocycles. The van der Waals surface area contributed by atoms with Crippen LogP contribution in [-0.2, 0) is 10.4 Å². The summed E-state index contributed by atoms with van der Waals surface area (Å²) in [5, 5.41) is 0. The zero-order valence-electron chi connectivity index (χ0n) is 6.03. The van der Waals surface area contributed by atoms with Gasteiger partial charge in [-0.3, -0.25) is 9.11 Å². The van der Waals surface area contributed by atoms with E-state index in [0.29, 0.717) is 0 Å². The smallest absolute Gasteiger partial charge is 0.264 e. The lowest BCUT2D eigenvalue weighted by molar-refractivity contribution is 0.381. The number of hydrogen-bond donors (Lipinski definition) is 2. The summed E-state index contributed by atoms with van der Waals surface area (Å²) in [4.78, 5) is 0. The molecule has 10 heavy (non-hydrogen) atoms. The van der Waals surface area contributed by atoms with Gasteiger partial charge in [0.15, 0.2) is 0 Å². The van der Waals surface area contributed by atoms with Crippen LogP contribution in [0.3, 0.4) is 0 Å². The summed E-state index contributed by atoms with van der Waals surface area (Å²) in [5.74, 6) is 0. The monoisotopic (exact) mass is 168 g/mol. The second kappa shape index (κ2) is 2.86. The highest BCUT2D eigenvalue weighted by molar-refractivity contribution is 7.79. The molecular formula is C5H12O4S. The molecule has 2 N–H and O–H groups in total. The van der Waals surface area contributed by atoms with Gasteiger partial charge < -0.3 is 0 Å². The van der Waals surface area contributed by atoms with Gasteiger partial charge in [-0.25, -0.2) is 0 Å². The highest BCUT2D eigenvalue weighted by atomic mass is 32.3. The molecule has 0 aromatic carbocycles. The summed E-state index contributed by atoms with van der Waals surface area (Å²) >= 11 is 0. The first-order valence-corrected chi connectivity index (χ1v) is 4.30. The van der Waals surface area contributed by atoms with E-state index in [1.54, 1.807) is 0 Å². The Morgan fingerprint density at radius 3 is 1.30 bits per heavy atom. The maximum absolute atomic E-state index is 8.74. The lowest BCUT2D eigenvalue weighted by atomic mass is 10.2. The van der Waals surface area contributed by atoms with Crippen LogP contribution in [0.15, 0.2) is 0 Å². The van der Waals surface area contributed by atoms with E-state index in [9.17, 15) is 0 Å². The van der Waals surface area contributed by atoms with Gasteiger partial charge in [0.25, 0.3) is 0 Å². The summed E-state index contributed by atoms with van der Waals surface area (Å²) in [5.41, 5.74) is 0.750. The van der Waals surface area contributed by atoms with E-state index < -0.39 is 10.4 Å². The standard InChI is InChI=1S/C5H10.H2O4S/c1-5(2)3-4-5;1-5(2,3)4/h3-4H2,1-2H3;(H2,1,2,3,4). The Morgan fingerprint density at radius 2 is 1.30 bits per heavy atom. The van der Waals surface area contributed by atoms with Crippen LogP contribution in [0.1, 0.15) is 26.7 Å². The minimum Gasteiger partial charge on any atom is -0.264 e. The van der Waals surface area contributed by atoms with E-state index >= 15 is 0 Å². The summed E-state index contributed by atoms with van der Waals surface area (Å²) in [6, 6.07) is 0. The zero-order chi connectivity index (χ0) is 8.41. The summed E-state index contributed by atoms with van der Waals surface area (Å²) < 4.78 is 31.6. The number of hydrogen-bond acceptors (Lipinski definition) is 2. The van der Waals surface area contributed by atoms with E-state index in [-0.39, 0.29) is 0 Å². The van der Waals surface area contributed by atoms with Crippen molar-refractivity contribution in [1.29, 1.82) is 0 Å². The van der Waals surface area contributed by atoms with Gasteiger partial charge in [0.1, 0.15) is 0 Å². The molecule has 1 saturated carbocycles. The summed E-state index contributed by atoms with van der Waals surface area (Å²) in [6.45, 7) is 4.60. The van der Waals surface area contributed by atoms with Gasteiger partial charge in [0, 0.05) is 0 Å². The molecule has 0 aliphatic heterocycles. The van der Waals surface area contributed by atoms with Crippen molar-refractivity contribution in [2.75, 3.05) is 0 Å². The van der Waals surface area contributed by atoms with E-state index in [1.165, 1.54) is 12.8 Å². The minimum absolute atomic E-state index is 0.750. The average Bonchev–Trinajstić information content (AvgIpc) is 2.11. The van der Waals surface area contributed by atoms with E-state index in [0.717, 1.165) is 5.41 Å². The van der Waals surface area contributed by atoms with Crippen molar-refractivity contribution in [3.05, 3.63) is 0 Å². The molecule has 0 aromatic rings. The van der Waals surface area contributed by atoms with E-state index in [4.69, 9.17) is 17.5 Å². The van der Waals surface area contributed by atoms with Gasteiger partial charge in [0.05, 0.1) is 0 Å². The quantitative estimate of drug-likeness (QED) is 0.532. The van der Waals surface area contributed by atoms with Crippen molar-refractivity contribution in [2.24, 2.45) is 5.41 Å². The number of rotatable bonds is 0. The Hall–Kier alpha value is -0.130. The van der Waals surface area contributed by atoms with Crippen LogP contribution in [0.5, 0.6) is 0 Å². The van der Waals surface area contributed by atoms with E-state index in [2.05, 4.69) is 13.8 Å². The average molecular weight is 168 g/mol. The molecule has 0 atom stereocenters. The Kier molecular flexibility index (Phi) is 2.82. The van der Waals surface area contributed by atoms with Gasteiger partial charge in [-0.05, 0) is 18.3 Å². The minimum atomic E-state index is -4.67. The van der Waals surface area contributed by atoms with Crippen LogP contribution in [-0.4, -0.2) is 17.5 Å². The van der Waals surface area contributed by atoms with Gasteiger partial charge in [-0.1, -0.05) is 13.8 Å². The maximum Gasteiger partial charge on any atom is 0.394 e. The molecular weight excluding hydrogens is 156 g/mol. The first-order valence-electron chi connectivity index (χ1n) is 2.91. The van der Waals surface area contributed by atoms with Gasteiger partial charge in [0.2, 0.25) is 0 Å². The highest BCUT2D eigenvalue weighted by Gasteiger charge is 2.30. The summed E-state index contributed by atoms with van der Waals surface area (Å²) in [6.07, 6.45) is 2.90. The molecule has 62 valence electrons. The van der Waals surface area contributed by atoms with Crippen molar-refractivity contribution < 1.29 is 17.5 Å². The van der Waals surface area contributed by atoms with Crippen LogP contribution in [0.2, 0.25) is 0 Å².